The van der Waals surface area contributed by atoms with Crippen LogP contribution in [0.2, 0.25) is 0 Å². The first-order chi connectivity index (χ1) is 10.6. The number of Topliss-reactive ketones (excluding diaryl/α,β-unsaturated/α-hetero) is 1. The second-order valence-corrected chi connectivity index (χ2v) is 5.27. The molecular weight excluding hydrogens is 278 g/mol. The zero-order chi connectivity index (χ0) is 15.7. The number of aliphatic hydroxyl groups is 1. The molecule has 0 bridgehead atoms. The van der Waals surface area contributed by atoms with Crippen molar-refractivity contribution in [1.82, 2.24) is 5.32 Å². The van der Waals surface area contributed by atoms with Crippen LogP contribution in [0.1, 0.15) is 22.7 Å². The maximum atomic E-state index is 12.1. The van der Waals surface area contributed by atoms with Crippen LogP contribution in [0.15, 0.2) is 60.2 Å². The number of aliphatic hydroxyl groups excluding tert-OH is 1. The summed E-state index contributed by atoms with van der Waals surface area (Å²) in [6.07, 6.45) is 0. The first-order valence-electron chi connectivity index (χ1n) is 6.98. The van der Waals surface area contributed by atoms with Crippen LogP contribution in [0.3, 0.4) is 0 Å². The molecule has 0 aliphatic carbocycles. The summed E-state index contributed by atoms with van der Waals surface area (Å²) in [6, 6.07) is 15.7. The number of rotatable bonds is 2. The Labute approximate surface area is 128 Å². The Morgan fingerprint density at radius 1 is 1.00 bits per heavy atom. The second-order valence-electron chi connectivity index (χ2n) is 5.27. The summed E-state index contributed by atoms with van der Waals surface area (Å²) < 4.78 is 0. The third-order valence-corrected chi connectivity index (χ3v) is 3.73. The standard InChI is InChI=1S/C18H15NO3/c1-11-7-9-13(10-8-11)16(20)14-15(19-18(22)17(14)21)12-5-3-2-4-6-12/h2-10,15,20H,1H3,(H,19,22)/b16-14+/t15-/m0/s1. The minimum atomic E-state index is -0.692. The van der Waals surface area contributed by atoms with Gasteiger partial charge in [-0.2, -0.15) is 0 Å². The Kier molecular flexibility index (Phi) is 3.51. The first-order valence-corrected chi connectivity index (χ1v) is 6.98. The number of aryl methyl sites for hydroxylation is 1. The van der Waals surface area contributed by atoms with Crippen LogP contribution < -0.4 is 5.32 Å². The van der Waals surface area contributed by atoms with Crippen LogP contribution in [0.25, 0.3) is 5.76 Å². The minimum absolute atomic E-state index is 0.0973. The van der Waals surface area contributed by atoms with Crippen molar-refractivity contribution in [3.63, 3.8) is 0 Å². The van der Waals surface area contributed by atoms with Crippen molar-refractivity contribution in [3.05, 3.63) is 76.9 Å². The molecule has 4 nitrogen and oxygen atoms in total. The van der Waals surface area contributed by atoms with Gasteiger partial charge in [-0.1, -0.05) is 60.2 Å². The number of ketones is 1. The van der Waals surface area contributed by atoms with Crippen LogP contribution in [-0.4, -0.2) is 16.8 Å². The Bertz CT molecular complexity index is 761. The average Bonchev–Trinajstić information content (AvgIpc) is 2.84. The molecular formula is C18H15NO3. The fraction of sp³-hybridized carbons (Fsp3) is 0.111. The molecule has 1 aliphatic heterocycles. The largest absolute Gasteiger partial charge is 0.507 e. The quantitative estimate of drug-likeness (QED) is 0.508. The van der Waals surface area contributed by atoms with Crippen molar-refractivity contribution < 1.29 is 14.7 Å². The Morgan fingerprint density at radius 3 is 2.27 bits per heavy atom. The third kappa shape index (κ3) is 2.39. The van der Waals surface area contributed by atoms with Crippen molar-refractivity contribution in [2.24, 2.45) is 0 Å². The van der Waals surface area contributed by atoms with E-state index in [1.807, 2.05) is 49.4 Å². The van der Waals surface area contributed by atoms with E-state index in [0.29, 0.717) is 5.56 Å². The summed E-state index contributed by atoms with van der Waals surface area (Å²) in [7, 11) is 0. The highest BCUT2D eigenvalue weighted by atomic mass is 16.3. The van der Waals surface area contributed by atoms with Gasteiger partial charge in [-0.3, -0.25) is 9.59 Å². The van der Waals surface area contributed by atoms with Crippen molar-refractivity contribution in [2.45, 2.75) is 13.0 Å². The predicted molar refractivity (Wildman–Crippen MR) is 83.1 cm³/mol. The van der Waals surface area contributed by atoms with Gasteiger partial charge in [0.2, 0.25) is 0 Å². The van der Waals surface area contributed by atoms with Gasteiger partial charge in [-0.25, -0.2) is 0 Å². The van der Waals surface area contributed by atoms with E-state index in [4.69, 9.17) is 0 Å². The lowest BCUT2D eigenvalue weighted by Gasteiger charge is -2.13. The van der Waals surface area contributed by atoms with E-state index in [0.717, 1.165) is 11.1 Å². The van der Waals surface area contributed by atoms with Crippen LogP contribution >= 0.6 is 0 Å². The number of hydrogen-bond donors (Lipinski definition) is 2. The summed E-state index contributed by atoms with van der Waals surface area (Å²) in [6.45, 7) is 1.94. The molecule has 0 radical (unpaired) electrons. The molecule has 22 heavy (non-hydrogen) atoms. The monoisotopic (exact) mass is 293 g/mol. The Balaban J connectivity index is 2.11. The van der Waals surface area contributed by atoms with E-state index < -0.39 is 17.7 Å². The summed E-state index contributed by atoms with van der Waals surface area (Å²) in [4.78, 5) is 23.9. The topological polar surface area (TPSA) is 66.4 Å². The van der Waals surface area contributed by atoms with Crippen LogP contribution in [0.4, 0.5) is 0 Å². The number of nitrogens with one attached hydrogen (secondary N) is 1. The molecule has 1 amide bonds. The molecule has 0 unspecified atom stereocenters. The maximum absolute atomic E-state index is 12.1. The minimum Gasteiger partial charge on any atom is -0.507 e. The summed E-state index contributed by atoms with van der Waals surface area (Å²) in [5.41, 5.74) is 2.43. The number of amides is 1. The fourth-order valence-corrected chi connectivity index (χ4v) is 2.53. The van der Waals surface area contributed by atoms with Crippen molar-refractivity contribution in [3.8, 4) is 0 Å². The van der Waals surface area contributed by atoms with E-state index in [1.54, 1.807) is 12.1 Å². The Morgan fingerprint density at radius 2 is 1.64 bits per heavy atom. The molecule has 4 heteroatoms. The number of carbonyl (C=O) groups is 2. The molecule has 1 aliphatic rings. The van der Waals surface area contributed by atoms with E-state index in [9.17, 15) is 14.7 Å². The molecule has 1 fully saturated rings. The lowest BCUT2D eigenvalue weighted by Crippen LogP contribution is -2.21. The number of carbonyl (C=O) groups excluding carboxylic acids is 2. The van der Waals surface area contributed by atoms with Gasteiger partial charge in [-0.05, 0) is 12.5 Å². The van der Waals surface area contributed by atoms with E-state index >= 15 is 0 Å². The molecule has 1 saturated heterocycles. The molecule has 110 valence electrons. The smallest absolute Gasteiger partial charge is 0.293 e. The molecule has 1 heterocycles. The molecule has 0 aromatic heterocycles. The second kappa shape index (κ2) is 5.48. The van der Waals surface area contributed by atoms with Gasteiger partial charge in [-0.15, -0.1) is 0 Å². The molecule has 2 aromatic carbocycles. The van der Waals surface area contributed by atoms with Gasteiger partial charge in [0.15, 0.2) is 0 Å². The predicted octanol–water partition coefficient (Wildman–Crippen LogP) is 2.70. The summed E-state index contributed by atoms with van der Waals surface area (Å²) >= 11 is 0. The molecule has 1 atom stereocenters. The zero-order valence-corrected chi connectivity index (χ0v) is 12.0. The van der Waals surface area contributed by atoms with Crippen molar-refractivity contribution >= 4 is 17.4 Å². The van der Waals surface area contributed by atoms with Gasteiger partial charge < -0.3 is 10.4 Å². The van der Waals surface area contributed by atoms with E-state index in [2.05, 4.69) is 5.32 Å². The first kappa shape index (κ1) is 14.1. The van der Waals surface area contributed by atoms with E-state index in [1.165, 1.54) is 0 Å². The lowest BCUT2D eigenvalue weighted by molar-refractivity contribution is -0.133. The van der Waals surface area contributed by atoms with Gasteiger partial charge in [0.1, 0.15) is 5.76 Å². The molecule has 3 rings (SSSR count). The highest BCUT2D eigenvalue weighted by Crippen LogP contribution is 2.32. The van der Waals surface area contributed by atoms with Crippen LogP contribution in [-0.2, 0) is 9.59 Å². The maximum Gasteiger partial charge on any atom is 0.293 e. The Hall–Kier alpha value is -2.88. The molecule has 0 saturated carbocycles. The molecule has 2 N–H and O–H groups in total. The van der Waals surface area contributed by atoms with Crippen molar-refractivity contribution in [1.29, 1.82) is 0 Å². The summed E-state index contributed by atoms with van der Waals surface area (Å²) in [5.74, 6) is -1.54. The number of hydrogen-bond acceptors (Lipinski definition) is 3. The van der Waals surface area contributed by atoms with Gasteiger partial charge in [0, 0.05) is 5.56 Å². The third-order valence-electron chi connectivity index (χ3n) is 3.73. The molecule has 2 aromatic rings. The average molecular weight is 293 g/mol. The van der Waals surface area contributed by atoms with Gasteiger partial charge >= 0.3 is 0 Å². The summed E-state index contributed by atoms with van der Waals surface area (Å²) in [5, 5.41) is 13.1. The highest BCUT2D eigenvalue weighted by Gasteiger charge is 2.39. The molecule has 0 spiro atoms. The SMILES string of the molecule is Cc1ccc(/C(O)=C2\C(=O)C(=O)N[C@H]2c2ccccc2)cc1. The fourth-order valence-electron chi connectivity index (χ4n) is 2.53. The number of benzene rings is 2. The van der Waals surface area contributed by atoms with Crippen LogP contribution in [0, 0.1) is 6.92 Å². The normalized spacial score (nSPS) is 20.0. The lowest BCUT2D eigenvalue weighted by atomic mass is 9.96. The highest BCUT2D eigenvalue weighted by molar-refractivity contribution is 6.46. The van der Waals surface area contributed by atoms with Crippen LogP contribution in [0.5, 0.6) is 0 Å². The van der Waals surface area contributed by atoms with Gasteiger partial charge in [0.05, 0.1) is 11.6 Å². The van der Waals surface area contributed by atoms with Gasteiger partial charge in [0.25, 0.3) is 11.7 Å². The van der Waals surface area contributed by atoms with E-state index in [-0.39, 0.29) is 11.3 Å². The zero-order valence-electron chi connectivity index (χ0n) is 12.0. The van der Waals surface area contributed by atoms with Crippen molar-refractivity contribution in [2.75, 3.05) is 0 Å².